The minimum Gasteiger partial charge on any atom is -0.479 e. The van der Waals surface area contributed by atoms with Crippen LogP contribution in [-0.2, 0) is 11.3 Å². The molecule has 0 fully saturated rings. The molecule has 0 aliphatic rings. The average Bonchev–Trinajstić information content (AvgIpc) is 2.51. The molecule has 0 aliphatic carbocycles. The van der Waals surface area contributed by atoms with Crippen LogP contribution < -0.4 is 5.32 Å². The number of carbonyl (C=O) groups is 1. The minimum absolute atomic E-state index is 0.0935. The number of nitrogens with one attached hydrogen (secondary N) is 1. The number of aryl methyl sites for hydroxylation is 1. The van der Waals surface area contributed by atoms with Gasteiger partial charge in [-0.05, 0) is 13.8 Å². The first-order valence-corrected chi connectivity index (χ1v) is 4.37. The fourth-order valence-corrected chi connectivity index (χ4v) is 0.900. The van der Waals surface area contributed by atoms with Crippen LogP contribution in [0.5, 0.6) is 0 Å². The van der Waals surface area contributed by atoms with Gasteiger partial charge in [0.05, 0.1) is 6.54 Å². The molecule has 0 spiro atoms. The highest BCUT2D eigenvalue weighted by Gasteiger charge is 2.29. The van der Waals surface area contributed by atoms with Gasteiger partial charge in [-0.3, -0.25) is 0 Å². The number of hydrogen-bond donors (Lipinski definition) is 3. The third-order valence-corrected chi connectivity index (χ3v) is 1.78. The Kier molecular flexibility index (Phi) is 3.38. The molecular formula is C8H13N3O4. The molecule has 15 heavy (non-hydrogen) atoms. The molecule has 0 radical (unpaired) electrons. The summed E-state index contributed by atoms with van der Waals surface area (Å²) < 4.78 is 4.79. The van der Waals surface area contributed by atoms with Crippen molar-refractivity contribution in [3.8, 4) is 0 Å². The van der Waals surface area contributed by atoms with Crippen LogP contribution in [-0.4, -0.2) is 38.5 Å². The standard InChI is InChI=1S/C8H13N3O4/c1-5-10-6(15-11-5)3-9-4-8(2,14)7(12)13/h9,14H,3-4H2,1-2H3,(H,12,13). The third kappa shape index (κ3) is 3.30. The van der Waals surface area contributed by atoms with E-state index in [0.29, 0.717) is 11.7 Å². The van der Waals surface area contributed by atoms with E-state index >= 15 is 0 Å². The Hall–Kier alpha value is -1.47. The van der Waals surface area contributed by atoms with E-state index < -0.39 is 11.6 Å². The lowest BCUT2D eigenvalue weighted by atomic mass is 10.1. The molecule has 1 heterocycles. The Morgan fingerprint density at radius 2 is 2.33 bits per heavy atom. The molecule has 0 bridgehead atoms. The van der Waals surface area contributed by atoms with Crippen molar-refractivity contribution >= 4 is 5.97 Å². The monoisotopic (exact) mass is 215 g/mol. The predicted octanol–water partition coefficient (Wildman–Crippen LogP) is -0.697. The fourth-order valence-electron chi connectivity index (χ4n) is 0.900. The van der Waals surface area contributed by atoms with Gasteiger partial charge in [0.25, 0.3) is 0 Å². The molecule has 0 saturated carbocycles. The van der Waals surface area contributed by atoms with E-state index in [-0.39, 0.29) is 13.1 Å². The molecule has 1 aromatic heterocycles. The zero-order chi connectivity index (χ0) is 11.5. The predicted molar refractivity (Wildman–Crippen MR) is 49.0 cm³/mol. The number of carboxylic acid groups (broad SMARTS) is 1. The second kappa shape index (κ2) is 4.37. The average molecular weight is 215 g/mol. The van der Waals surface area contributed by atoms with Gasteiger partial charge in [0, 0.05) is 6.54 Å². The van der Waals surface area contributed by atoms with Gasteiger partial charge in [-0.2, -0.15) is 4.98 Å². The summed E-state index contributed by atoms with van der Waals surface area (Å²) in [6.07, 6.45) is 0. The Morgan fingerprint density at radius 1 is 1.67 bits per heavy atom. The van der Waals surface area contributed by atoms with Gasteiger partial charge < -0.3 is 20.1 Å². The molecule has 7 nitrogen and oxygen atoms in total. The molecule has 0 amide bonds. The van der Waals surface area contributed by atoms with Gasteiger partial charge in [-0.1, -0.05) is 5.16 Å². The maximum absolute atomic E-state index is 10.5. The summed E-state index contributed by atoms with van der Waals surface area (Å²) in [5.41, 5.74) is -1.80. The third-order valence-electron chi connectivity index (χ3n) is 1.78. The van der Waals surface area contributed by atoms with Crippen molar-refractivity contribution in [3.05, 3.63) is 11.7 Å². The van der Waals surface area contributed by atoms with Crippen molar-refractivity contribution in [1.29, 1.82) is 0 Å². The van der Waals surface area contributed by atoms with E-state index in [4.69, 9.17) is 9.63 Å². The molecule has 3 N–H and O–H groups in total. The second-order valence-corrected chi connectivity index (χ2v) is 3.42. The Labute approximate surface area is 86.1 Å². The van der Waals surface area contributed by atoms with Gasteiger partial charge in [-0.15, -0.1) is 0 Å². The highest BCUT2D eigenvalue weighted by atomic mass is 16.5. The second-order valence-electron chi connectivity index (χ2n) is 3.42. The zero-order valence-electron chi connectivity index (χ0n) is 8.52. The van der Waals surface area contributed by atoms with Crippen LogP contribution >= 0.6 is 0 Å². The highest BCUT2D eigenvalue weighted by molar-refractivity contribution is 5.76. The van der Waals surface area contributed by atoms with Crippen molar-refractivity contribution < 1.29 is 19.5 Å². The van der Waals surface area contributed by atoms with E-state index in [1.165, 1.54) is 6.92 Å². The van der Waals surface area contributed by atoms with Crippen molar-refractivity contribution in [2.75, 3.05) is 6.54 Å². The number of nitrogens with zero attached hydrogens (tertiary/aromatic N) is 2. The number of aliphatic hydroxyl groups is 1. The number of carboxylic acids is 1. The van der Waals surface area contributed by atoms with E-state index in [9.17, 15) is 9.90 Å². The first kappa shape index (κ1) is 11.6. The van der Waals surface area contributed by atoms with E-state index in [0.717, 1.165) is 0 Å². The molecule has 1 aromatic rings. The summed E-state index contributed by atoms with van der Waals surface area (Å²) in [7, 11) is 0. The molecular weight excluding hydrogens is 202 g/mol. The quantitative estimate of drug-likeness (QED) is 0.596. The van der Waals surface area contributed by atoms with Gasteiger partial charge in [-0.25, -0.2) is 4.79 Å². The lowest BCUT2D eigenvalue weighted by molar-refractivity contribution is -0.156. The molecule has 1 unspecified atom stereocenters. The number of hydrogen-bond acceptors (Lipinski definition) is 6. The normalized spacial score (nSPS) is 14.9. The molecule has 0 aromatic carbocycles. The van der Waals surface area contributed by atoms with Crippen LogP contribution in [0.15, 0.2) is 4.52 Å². The lowest BCUT2D eigenvalue weighted by Gasteiger charge is -2.17. The van der Waals surface area contributed by atoms with Crippen LogP contribution in [0.25, 0.3) is 0 Å². The fraction of sp³-hybridized carbons (Fsp3) is 0.625. The maximum Gasteiger partial charge on any atom is 0.336 e. The van der Waals surface area contributed by atoms with Crippen LogP contribution in [0.3, 0.4) is 0 Å². The Bertz CT molecular complexity index is 347. The molecule has 7 heteroatoms. The largest absolute Gasteiger partial charge is 0.479 e. The van der Waals surface area contributed by atoms with Crippen molar-refractivity contribution in [2.24, 2.45) is 0 Å². The van der Waals surface area contributed by atoms with Gasteiger partial charge in [0.15, 0.2) is 11.4 Å². The molecule has 1 atom stereocenters. The minimum atomic E-state index is -1.80. The summed E-state index contributed by atoms with van der Waals surface area (Å²) >= 11 is 0. The van der Waals surface area contributed by atoms with Crippen LogP contribution in [0.2, 0.25) is 0 Å². The summed E-state index contributed by atoms with van der Waals surface area (Å²) in [5, 5.41) is 24.2. The summed E-state index contributed by atoms with van der Waals surface area (Å²) in [6.45, 7) is 3.02. The molecule has 0 aliphatic heterocycles. The van der Waals surface area contributed by atoms with Gasteiger partial charge in [0.1, 0.15) is 0 Å². The first-order chi connectivity index (χ1) is 6.92. The SMILES string of the molecule is Cc1noc(CNCC(C)(O)C(=O)O)n1. The van der Waals surface area contributed by atoms with Crippen molar-refractivity contribution in [2.45, 2.75) is 26.0 Å². The van der Waals surface area contributed by atoms with Crippen LogP contribution in [0.1, 0.15) is 18.6 Å². The summed E-state index contributed by atoms with van der Waals surface area (Å²) in [6, 6.07) is 0. The Morgan fingerprint density at radius 3 is 2.80 bits per heavy atom. The molecule has 1 rings (SSSR count). The van der Waals surface area contributed by atoms with Crippen molar-refractivity contribution in [3.63, 3.8) is 0 Å². The van der Waals surface area contributed by atoms with Gasteiger partial charge in [0.2, 0.25) is 5.89 Å². The van der Waals surface area contributed by atoms with Crippen molar-refractivity contribution in [1.82, 2.24) is 15.5 Å². The zero-order valence-corrected chi connectivity index (χ0v) is 8.52. The van der Waals surface area contributed by atoms with Crippen LogP contribution in [0.4, 0.5) is 0 Å². The van der Waals surface area contributed by atoms with Crippen LogP contribution in [0, 0.1) is 6.92 Å². The topological polar surface area (TPSA) is 108 Å². The summed E-state index contributed by atoms with van der Waals surface area (Å²) in [4.78, 5) is 14.4. The van der Waals surface area contributed by atoms with Gasteiger partial charge >= 0.3 is 5.97 Å². The first-order valence-electron chi connectivity index (χ1n) is 4.37. The van der Waals surface area contributed by atoms with E-state index in [1.54, 1.807) is 6.92 Å². The molecule has 84 valence electrons. The van der Waals surface area contributed by atoms with E-state index in [1.807, 2.05) is 0 Å². The molecule has 0 saturated heterocycles. The number of rotatable bonds is 5. The maximum atomic E-state index is 10.5. The smallest absolute Gasteiger partial charge is 0.336 e. The number of aromatic nitrogens is 2. The lowest BCUT2D eigenvalue weighted by Crippen LogP contribution is -2.44. The Balaban J connectivity index is 2.36. The number of aliphatic carboxylic acids is 1. The highest BCUT2D eigenvalue weighted by Crippen LogP contribution is 2.02. The summed E-state index contributed by atoms with van der Waals surface area (Å²) in [5.74, 6) is -0.415. The van der Waals surface area contributed by atoms with E-state index in [2.05, 4.69) is 15.5 Å².